The summed E-state index contributed by atoms with van der Waals surface area (Å²) < 4.78 is 0. The van der Waals surface area contributed by atoms with Crippen molar-refractivity contribution >= 4 is 23.8 Å². The van der Waals surface area contributed by atoms with Crippen LogP contribution in [0.5, 0.6) is 0 Å². The number of carbonyl (C=O) groups is 2. The Kier molecular flexibility index (Phi) is 7.05. The minimum atomic E-state index is -0.954. The SMILES string of the molecule is CCN(C(=O)N[C@H](CCSC)C(=O)O)C1CCCC1. The van der Waals surface area contributed by atoms with Gasteiger partial charge in [0.1, 0.15) is 6.04 Å². The molecule has 2 N–H and O–H groups in total. The van der Waals surface area contributed by atoms with Crippen LogP contribution in [0, 0.1) is 0 Å². The van der Waals surface area contributed by atoms with E-state index in [0.29, 0.717) is 13.0 Å². The zero-order valence-electron chi connectivity index (χ0n) is 11.7. The van der Waals surface area contributed by atoms with Crippen molar-refractivity contribution in [1.82, 2.24) is 10.2 Å². The summed E-state index contributed by atoms with van der Waals surface area (Å²) in [5, 5.41) is 11.8. The number of hydrogen-bond acceptors (Lipinski definition) is 3. The molecule has 1 aliphatic carbocycles. The quantitative estimate of drug-likeness (QED) is 0.753. The number of amides is 2. The lowest BCUT2D eigenvalue weighted by atomic mass is 10.2. The van der Waals surface area contributed by atoms with Gasteiger partial charge in [-0.2, -0.15) is 11.8 Å². The van der Waals surface area contributed by atoms with Crippen molar-refractivity contribution in [3.63, 3.8) is 0 Å². The highest BCUT2D eigenvalue weighted by Crippen LogP contribution is 2.23. The first-order valence-electron chi connectivity index (χ1n) is 6.89. The van der Waals surface area contributed by atoms with Gasteiger partial charge in [0.25, 0.3) is 0 Å². The summed E-state index contributed by atoms with van der Waals surface area (Å²) >= 11 is 1.59. The molecule has 0 heterocycles. The number of carbonyl (C=O) groups excluding carboxylic acids is 1. The average molecular weight is 288 g/mol. The van der Waals surface area contributed by atoms with Crippen molar-refractivity contribution in [2.24, 2.45) is 0 Å². The maximum atomic E-state index is 12.2. The second-order valence-electron chi connectivity index (χ2n) is 4.85. The fourth-order valence-electron chi connectivity index (χ4n) is 2.51. The molecule has 0 radical (unpaired) electrons. The fraction of sp³-hybridized carbons (Fsp3) is 0.846. The Bertz CT molecular complexity index is 306. The van der Waals surface area contributed by atoms with Crippen molar-refractivity contribution in [2.45, 2.75) is 51.1 Å². The lowest BCUT2D eigenvalue weighted by Gasteiger charge is -2.29. The predicted molar refractivity (Wildman–Crippen MR) is 77.6 cm³/mol. The van der Waals surface area contributed by atoms with Crippen LogP contribution in [0.4, 0.5) is 4.79 Å². The summed E-state index contributed by atoms with van der Waals surface area (Å²) in [6, 6.07) is -0.738. The Balaban J connectivity index is 2.55. The molecule has 0 saturated heterocycles. The maximum absolute atomic E-state index is 12.2. The molecular weight excluding hydrogens is 264 g/mol. The van der Waals surface area contributed by atoms with Crippen LogP contribution in [0.3, 0.4) is 0 Å². The van der Waals surface area contributed by atoms with Crippen LogP contribution in [-0.4, -0.2) is 52.6 Å². The number of urea groups is 1. The standard InChI is InChI=1S/C13H24N2O3S/c1-3-15(10-6-4-5-7-10)13(18)14-11(12(16)17)8-9-19-2/h10-11H,3-9H2,1-2H3,(H,14,18)(H,16,17)/t11-/m1/s1. The second-order valence-corrected chi connectivity index (χ2v) is 5.83. The Hall–Kier alpha value is -0.910. The van der Waals surface area contributed by atoms with Gasteiger partial charge in [0.15, 0.2) is 0 Å². The van der Waals surface area contributed by atoms with Gasteiger partial charge in [0, 0.05) is 12.6 Å². The highest BCUT2D eigenvalue weighted by Gasteiger charge is 2.28. The van der Waals surface area contributed by atoms with E-state index in [-0.39, 0.29) is 12.1 Å². The number of aliphatic carboxylic acids is 1. The second kappa shape index (κ2) is 8.30. The topological polar surface area (TPSA) is 69.6 Å². The third-order valence-electron chi connectivity index (χ3n) is 3.57. The number of hydrogen-bond donors (Lipinski definition) is 2. The minimum absolute atomic E-state index is 0.233. The molecule has 1 aliphatic rings. The van der Waals surface area contributed by atoms with E-state index in [1.165, 1.54) is 0 Å². The number of nitrogens with zero attached hydrogens (tertiary/aromatic N) is 1. The highest BCUT2D eigenvalue weighted by molar-refractivity contribution is 7.98. The van der Waals surface area contributed by atoms with Gasteiger partial charge >= 0.3 is 12.0 Å². The normalized spacial score (nSPS) is 17.2. The van der Waals surface area contributed by atoms with Crippen LogP contribution in [0.25, 0.3) is 0 Å². The lowest BCUT2D eigenvalue weighted by Crippen LogP contribution is -2.50. The van der Waals surface area contributed by atoms with Gasteiger partial charge in [-0.05, 0) is 38.2 Å². The van der Waals surface area contributed by atoms with E-state index in [4.69, 9.17) is 5.11 Å². The number of nitrogens with one attached hydrogen (secondary N) is 1. The minimum Gasteiger partial charge on any atom is -0.480 e. The molecule has 1 fully saturated rings. The number of rotatable bonds is 7. The molecule has 19 heavy (non-hydrogen) atoms. The third kappa shape index (κ3) is 4.93. The lowest BCUT2D eigenvalue weighted by molar-refractivity contribution is -0.139. The van der Waals surface area contributed by atoms with Gasteiger partial charge in [-0.3, -0.25) is 0 Å². The van der Waals surface area contributed by atoms with Crippen LogP contribution in [-0.2, 0) is 4.79 Å². The smallest absolute Gasteiger partial charge is 0.326 e. The molecule has 1 saturated carbocycles. The number of thioether (sulfide) groups is 1. The molecule has 0 aromatic heterocycles. The fourth-order valence-corrected chi connectivity index (χ4v) is 2.98. The molecule has 0 bridgehead atoms. The molecule has 0 spiro atoms. The summed E-state index contributed by atoms with van der Waals surface area (Å²) in [6.45, 7) is 2.57. The molecule has 1 atom stereocenters. The molecule has 1 rings (SSSR count). The van der Waals surface area contributed by atoms with Crippen molar-refractivity contribution < 1.29 is 14.7 Å². The van der Waals surface area contributed by atoms with Gasteiger partial charge in [0.05, 0.1) is 0 Å². The van der Waals surface area contributed by atoms with Crippen LogP contribution in [0.2, 0.25) is 0 Å². The van der Waals surface area contributed by atoms with Gasteiger partial charge in [-0.15, -0.1) is 0 Å². The van der Waals surface area contributed by atoms with Crippen molar-refractivity contribution in [2.75, 3.05) is 18.6 Å². The van der Waals surface area contributed by atoms with Crippen molar-refractivity contribution in [3.8, 4) is 0 Å². The number of carboxylic acids is 1. The highest BCUT2D eigenvalue weighted by atomic mass is 32.2. The molecule has 5 nitrogen and oxygen atoms in total. The molecule has 0 aromatic carbocycles. The molecular formula is C13H24N2O3S. The Labute approximate surface area is 119 Å². The molecule has 110 valence electrons. The largest absolute Gasteiger partial charge is 0.480 e. The van der Waals surface area contributed by atoms with E-state index in [0.717, 1.165) is 31.4 Å². The Morgan fingerprint density at radius 1 is 1.42 bits per heavy atom. The predicted octanol–water partition coefficient (Wildman–Crippen LogP) is 2.17. The van der Waals surface area contributed by atoms with E-state index >= 15 is 0 Å². The van der Waals surface area contributed by atoms with E-state index < -0.39 is 12.0 Å². The first-order chi connectivity index (χ1) is 9.10. The van der Waals surface area contributed by atoms with Crippen LogP contribution >= 0.6 is 11.8 Å². The Morgan fingerprint density at radius 2 is 2.05 bits per heavy atom. The van der Waals surface area contributed by atoms with Gasteiger partial charge in [0.2, 0.25) is 0 Å². The van der Waals surface area contributed by atoms with Gasteiger partial charge in [-0.1, -0.05) is 12.8 Å². The van der Waals surface area contributed by atoms with Gasteiger partial charge < -0.3 is 15.3 Å². The summed E-state index contributed by atoms with van der Waals surface area (Å²) in [5.41, 5.74) is 0. The van der Waals surface area contributed by atoms with Gasteiger partial charge in [-0.25, -0.2) is 9.59 Å². The summed E-state index contributed by atoms with van der Waals surface area (Å²) in [6.07, 6.45) is 6.77. The van der Waals surface area contributed by atoms with E-state index in [1.807, 2.05) is 13.2 Å². The van der Waals surface area contributed by atoms with Crippen molar-refractivity contribution in [3.05, 3.63) is 0 Å². The molecule has 0 aromatic rings. The van der Waals surface area contributed by atoms with E-state index in [2.05, 4.69) is 5.32 Å². The first-order valence-corrected chi connectivity index (χ1v) is 8.28. The average Bonchev–Trinajstić information content (AvgIpc) is 2.88. The molecule has 0 unspecified atom stereocenters. The summed E-state index contributed by atoms with van der Waals surface area (Å²) in [7, 11) is 0. The zero-order chi connectivity index (χ0) is 14.3. The number of carboxylic acid groups (broad SMARTS) is 1. The third-order valence-corrected chi connectivity index (χ3v) is 4.22. The van der Waals surface area contributed by atoms with Crippen molar-refractivity contribution in [1.29, 1.82) is 0 Å². The van der Waals surface area contributed by atoms with Crippen LogP contribution < -0.4 is 5.32 Å². The maximum Gasteiger partial charge on any atom is 0.326 e. The first kappa shape index (κ1) is 16.1. The molecule has 6 heteroatoms. The zero-order valence-corrected chi connectivity index (χ0v) is 12.5. The summed E-state index contributed by atoms with van der Waals surface area (Å²) in [5.74, 6) is -0.225. The molecule has 2 amide bonds. The van der Waals surface area contributed by atoms with Crippen LogP contribution in [0.1, 0.15) is 39.0 Å². The monoisotopic (exact) mass is 288 g/mol. The molecule has 0 aliphatic heterocycles. The summed E-state index contributed by atoms with van der Waals surface area (Å²) in [4.78, 5) is 25.1. The van der Waals surface area contributed by atoms with Crippen LogP contribution in [0.15, 0.2) is 0 Å². The van der Waals surface area contributed by atoms with E-state index in [9.17, 15) is 9.59 Å². The van der Waals surface area contributed by atoms with E-state index in [1.54, 1.807) is 16.7 Å². The Morgan fingerprint density at radius 3 is 2.53 bits per heavy atom.